The second-order valence-corrected chi connectivity index (χ2v) is 7.40. The number of amides is 1. The Bertz CT molecular complexity index is 796. The minimum atomic E-state index is -0.0565. The zero-order valence-corrected chi connectivity index (χ0v) is 15.3. The van der Waals surface area contributed by atoms with Crippen LogP contribution in [0.4, 0.5) is 0 Å². The molecule has 0 aromatic heterocycles. The van der Waals surface area contributed by atoms with E-state index >= 15 is 0 Å². The topological polar surface area (TPSA) is 50.4 Å². The van der Waals surface area contributed by atoms with Gasteiger partial charge < -0.3 is 15.4 Å². The first-order valence-corrected chi connectivity index (χ1v) is 9.43. The molecular formula is C22H26N2O2. The largest absolute Gasteiger partial charge is 0.496 e. The molecule has 1 heterocycles. The smallest absolute Gasteiger partial charge is 0.227 e. The average Bonchev–Trinajstić information content (AvgIpc) is 3.01. The summed E-state index contributed by atoms with van der Waals surface area (Å²) in [4.78, 5) is 13.0. The van der Waals surface area contributed by atoms with Crippen LogP contribution in [0.25, 0.3) is 0 Å². The van der Waals surface area contributed by atoms with Gasteiger partial charge in [0.1, 0.15) is 5.75 Å². The quantitative estimate of drug-likeness (QED) is 0.891. The van der Waals surface area contributed by atoms with Gasteiger partial charge in [-0.1, -0.05) is 42.5 Å². The van der Waals surface area contributed by atoms with Crippen molar-refractivity contribution in [1.82, 2.24) is 10.6 Å². The van der Waals surface area contributed by atoms with E-state index in [0.29, 0.717) is 6.54 Å². The maximum absolute atomic E-state index is 13.0. The number of hydrogen-bond donors (Lipinski definition) is 2. The number of benzene rings is 2. The van der Waals surface area contributed by atoms with Crippen molar-refractivity contribution in [3.8, 4) is 5.75 Å². The maximum atomic E-state index is 13.0. The van der Waals surface area contributed by atoms with Crippen LogP contribution in [0.2, 0.25) is 0 Å². The number of ether oxygens (including phenoxy) is 1. The molecule has 136 valence electrons. The molecule has 4 nitrogen and oxygen atoms in total. The maximum Gasteiger partial charge on any atom is 0.227 e. The van der Waals surface area contributed by atoms with E-state index in [1.54, 1.807) is 7.11 Å². The summed E-state index contributed by atoms with van der Waals surface area (Å²) in [6.45, 7) is 2.56. The molecule has 1 aliphatic carbocycles. The molecule has 0 saturated carbocycles. The first kappa shape index (κ1) is 17.1. The van der Waals surface area contributed by atoms with Gasteiger partial charge in [0.2, 0.25) is 5.91 Å². The lowest BCUT2D eigenvalue weighted by atomic mass is 9.74. The van der Waals surface area contributed by atoms with Gasteiger partial charge in [0.15, 0.2) is 0 Å². The zero-order valence-electron chi connectivity index (χ0n) is 15.3. The molecule has 2 aromatic rings. The Labute approximate surface area is 155 Å². The number of piperidine rings is 1. The Morgan fingerprint density at radius 1 is 1.15 bits per heavy atom. The average molecular weight is 350 g/mol. The molecule has 0 radical (unpaired) electrons. The zero-order chi connectivity index (χ0) is 18.0. The van der Waals surface area contributed by atoms with Crippen LogP contribution in [-0.4, -0.2) is 26.1 Å². The molecular weight excluding hydrogens is 324 g/mol. The van der Waals surface area contributed by atoms with Gasteiger partial charge in [0.05, 0.1) is 13.0 Å². The summed E-state index contributed by atoms with van der Waals surface area (Å²) >= 11 is 0. The van der Waals surface area contributed by atoms with Gasteiger partial charge in [-0.05, 0) is 55.0 Å². The molecule has 1 unspecified atom stereocenters. The van der Waals surface area contributed by atoms with Crippen molar-refractivity contribution in [2.24, 2.45) is 0 Å². The van der Waals surface area contributed by atoms with E-state index in [0.717, 1.165) is 43.7 Å². The van der Waals surface area contributed by atoms with Crippen molar-refractivity contribution in [2.45, 2.75) is 37.1 Å². The van der Waals surface area contributed by atoms with Crippen LogP contribution in [-0.2, 0) is 16.8 Å². The normalized spacial score (nSPS) is 20.6. The molecule has 26 heavy (non-hydrogen) atoms. The van der Waals surface area contributed by atoms with Gasteiger partial charge in [0, 0.05) is 12.1 Å². The molecule has 1 fully saturated rings. The van der Waals surface area contributed by atoms with Crippen LogP contribution < -0.4 is 15.4 Å². The van der Waals surface area contributed by atoms with Crippen molar-refractivity contribution >= 4 is 5.91 Å². The molecule has 2 aromatic carbocycles. The van der Waals surface area contributed by atoms with Crippen molar-refractivity contribution in [3.63, 3.8) is 0 Å². The summed E-state index contributed by atoms with van der Waals surface area (Å²) in [6, 6.07) is 16.4. The lowest BCUT2D eigenvalue weighted by Gasteiger charge is -2.35. The van der Waals surface area contributed by atoms with Gasteiger partial charge >= 0.3 is 0 Å². The number of fused-ring (bicyclic) bond motifs is 2. The number of hydrogen-bond acceptors (Lipinski definition) is 3. The summed E-state index contributed by atoms with van der Waals surface area (Å²) < 4.78 is 5.39. The van der Waals surface area contributed by atoms with Crippen molar-refractivity contribution in [2.75, 3.05) is 20.2 Å². The molecule has 2 aliphatic rings. The lowest BCUT2D eigenvalue weighted by Crippen LogP contribution is -2.39. The molecule has 1 aliphatic heterocycles. The number of carbonyl (C=O) groups excluding carboxylic acids is 1. The van der Waals surface area contributed by atoms with Gasteiger partial charge in [-0.2, -0.15) is 0 Å². The van der Waals surface area contributed by atoms with E-state index in [4.69, 9.17) is 4.74 Å². The highest BCUT2D eigenvalue weighted by Crippen LogP contribution is 2.50. The minimum Gasteiger partial charge on any atom is -0.496 e. The minimum absolute atomic E-state index is 0.0565. The summed E-state index contributed by atoms with van der Waals surface area (Å²) in [6.07, 6.45) is 3.15. The van der Waals surface area contributed by atoms with Crippen LogP contribution in [0.15, 0.2) is 48.5 Å². The second-order valence-electron chi connectivity index (χ2n) is 7.40. The third-order valence-electron chi connectivity index (χ3n) is 6.03. The molecule has 1 saturated heterocycles. The highest BCUT2D eigenvalue weighted by Gasteiger charge is 2.46. The standard InChI is InChI=1S/C22H26N2O2/c1-26-20-9-5-2-6-16(20)15-24-21(25)18-14-22(10-12-23-13-11-22)19-8-4-3-7-17(18)19/h2-9,18,23H,10-15H2,1H3,(H,24,25). The highest BCUT2D eigenvalue weighted by molar-refractivity contribution is 5.85. The molecule has 1 atom stereocenters. The summed E-state index contributed by atoms with van der Waals surface area (Å²) in [5.41, 5.74) is 3.77. The first-order chi connectivity index (χ1) is 12.7. The fourth-order valence-corrected chi connectivity index (χ4v) is 4.66. The summed E-state index contributed by atoms with van der Waals surface area (Å²) in [5, 5.41) is 6.60. The van der Waals surface area contributed by atoms with Crippen LogP contribution in [0.3, 0.4) is 0 Å². The first-order valence-electron chi connectivity index (χ1n) is 9.43. The van der Waals surface area contributed by atoms with Crippen LogP contribution in [0, 0.1) is 0 Å². The fraction of sp³-hybridized carbons (Fsp3) is 0.409. The predicted molar refractivity (Wildman–Crippen MR) is 102 cm³/mol. The Hall–Kier alpha value is -2.33. The van der Waals surface area contributed by atoms with E-state index < -0.39 is 0 Å². The van der Waals surface area contributed by atoms with E-state index in [1.807, 2.05) is 24.3 Å². The summed E-state index contributed by atoms with van der Waals surface area (Å²) in [5.74, 6) is 0.882. The predicted octanol–water partition coefficient (Wildman–Crippen LogP) is 3.12. The Morgan fingerprint density at radius 2 is 1.88 bits per heavy atom. The molecule has 4 heteroatoms. The summed E-state index contributed by atoms with van der Waals surface area (Å²) in [7, 11) is 1.66. The third-order valence-corrected chi connectivity index (χ3v) is 6.03. The van der Waals surface area contributed by atoms with E-state index in [9.17, 15) is 4.79 Å². The molecule has 0 bridgehead atoms. The number of rotatable bonds is 4. The van der Waals surface area contributed by atoms with Gasteiger partial charge in [-0.15, -0.1) is 0 Å². The monoisotopic (exact) mass is 350 g/mol. The number of para-hydroxylation sites is 1. The second kappa shape index (κ2) is 7.12. The SMILES string of the molecule is COc1ccccc1CNC(=O)C1CC2(CCNCC2)c2ccccc21. The van der Waals surface area contributed by atoms with Crippen molar-refractivity contribution in [3.05, 3.63) is 65.2 Å². The lowest BCUT2D eigenvalue weighted by molar-refractivity contribution is -0.123. The number of methoxy groups -OCH3 is 1. The number of nitrogens with one attached hydrogen (secondary N) is 2. The Kier molecular flexibility index (Phi) is 4.68. The van der Waals surface area contributed by atoms with Crippen LogP contribution in [0.1, 0.15) is 41.9 Å². The molecule has 4 rings (SSSR count). The van der Waals surface area contributed by atoms with E-state index in [2.05, 4.69) is 34.9 Å². The van der Waals surface area contributed by atoms with Gasteiger partial charge in [-0.25, -0.2) is 0 Å². The molecule has 2 N–H and O–H groups in total. The Morgan fingerprint density at radius 3 is 2.69 bits per heavy atom. The molecule has 1 amide bonds. The Balaban J connectivity index is 1.53. The van der Waals surface area contributed by atoms with Crippen LogP contribution >= 0.6 is 0 Å². The molecule has 1 spiro atoms. The van der Waals surface area contributed by atoms with E-state index in [-0.39, 0.29) is 17.2 Å². The van der Waals surface area contributed by atoms with Crippen molar-refractivity contribution in [1.29, 1.82) is 0 Å². The fourth-order valence-electron chi connectivity index (χ4n) is 4.66. The third kappa shape index (κ3) is 2.99. The number of carbonyl (C=O) groups is 1. The van der Waals surface area contributed by atoms with Gasteiger partial charge in [0.25, 0.3) is 0 Å². The van der Waals surface area contributed by atoms with Crippen molar-refractivity contribution < 1.29 is 9.53 Å². The van der Waals surface area contributed by atoms with Gasteiger partial charge in [-0.3, -0.25) is 4.79 Å². The highest BCUT2D eigenvalue weighted by atomic mass is 16.5. The van der Waals surface area contributed by atoms with E-state index in [1.165, 1.54) is 11.1 Å². The van der Waals surface area contributed by atoms with Crippen LogP contribution in [0.5, 0.6) is 5.75 Å².